The summed E-state index contributed by atoms with van der Waals surface area (Å²) in [6.07, 6.45) is 6.93. The van der Waals surface area contributed by atoms with Crippen molar-refractivity contribution in [3.63, 3.8) is 0 Å². The number of hydrogen-bond acceptors (Lipinski definition) is 3. The SMILES string of the molecule is Cl.Cl.O=C(NCc1ccc2c(c1)CNC2)N1CCC(Cc2ccncc2)CC1. The molecular formula is C21H28Cl2N4O. The van der Waals surface area contributed by atoms with Crippen LogP contribution in [0.15, 0.2) is 42.7 Å². The van der Waals surface area contributed by atoms with Crippen LogP contribution < -0.4 is 10.6 Å². The zero-order valence-electron chi connectivity index (χ0n) is 15.9. The van der Waals surface area contributed by atoms with Crippen molar-refractivity contribution in [2.24, 2.45) is 5.92 Å². The molecule has 0 spiro atoms. The third-order valence-electron chi connectivity index (χ3n) is 5.52. The maximum Gasteiger partial charge on any atom is 0.317 e. The molecular weight excluding hydrogens is 395 g/mol. The molecule has 3 heterocycles. The van der Waals surface area contributed by atoms with Gasteiger partial charge in [0.05, 0.1) is 0 Å². The number of carbonyl (C=O) groups is 1. The van der Waals surface area contributed by atoms with Crippen molar-refractivity contribution in [2.45, 2.75) is 38.9 Å². The van der Waals surface area contributed by atoms with Gasteiger partial charge in [0, 0.05) is 45.1 Å². The number of pyridine rings is 1. The number of halogens is 2. The van der Waals surface area contributed by atoms with Crippen molar-refractivity contribution in [1.82, 2.24) is 20.5 Å². The Balaban J connectivity index is 0.00000140. The second-order valence-electron chi connectivity index (χ2n) is 7.36. The van der Waals surface area contributed by atoms with Gasteiger partial charge in [0.15, 0.2) is 0 Å². The number of fused-ring (bicyclic) bond motifs is 1. The van der Waals surface area contributed by atoms with Crippen molar-refractivity contribution < 1.29 is 4.79 Å². The van der Waals surface area contributed by atoms with Gasteiger partial charge in [-0.25, -0.2) is 4.79 Å². The molecule has 152 valence electrons. The lowest BCUT2D eigenvalue weighted by molar-refractivity contribution is 0.170. The maximum atomic E-state index is 12.5. The molecule has 2 aromatic rings. The minimum absolute atomic E-state index is 0. The summed E-state index contributed by atoms with van der Waals surface area (Å²) in [4.78, 5) is 18.5. The van der Waals surface area contributed by atoms with E-state index in [1.54, 1.807) is 0 Å². The molecule has 2 aliphatic rings. The molecule has 0 bridgehead atoms. The summed E-state index contributed by atoms with van der Waals surface area (Å²) in [6, 6.07) is 10.7. The van der Waals surface area contributed by atoms with Gasteiger partial charge in [-0.1, -0.05) is 18.2 Å². The molecule has 5 nitrogen and oxygen atoms in total. The van der Waals surface area contributed by atoms with Gasteiger partial charge in [0.1, 0.15) is 0 Å². The van der Waals surface area contributed by atoms with Crippen LogP contribution in [0, 0.1) is 5.92 Å². The Labute approximate surface area is 179 Å². The topological polar surface area (TPSA) is 57.3 Å². The summed E-state index contributed by atoms with van der Waals surface area (Å²) in [7, 11) is 0. The minimum Gasteiger partial charge on any atom is -0.334 e. The molecule has 1 aromatic heterocycles. The highest BCUT2D eigenvalue weighted by atomic mass is 35.5. The van der Waals surface area contributed by atoms with E-state index in [9.17, 15) is 4.79 Å². The number of hydrogen-bond donors (Lipinski definition) is 2. The third kappa shape index (κ3) is 5.60. The summed E-state index contributed by atoms with van der Waals surface area (Å²) in [5.41, 5.74) is 5.24. The summed E-state index contributed by atoms with van der Waals surface area (Å²) < 4.78 is 0. The zero-order chi connectivity index (χ0) is 17.8. The van der Waals surface area contributed by atoms with Crippen molar-refractivity contribution >= 4 is 30.8 Å². The molecule has 0 saturated carbocycles. The Bertz CT molecular complexity index is 764. The summed E-state index contributed by atoms with van der Waals surface area (Å²) >= 11 is 0. The van der Waals surface area contributed by atoms with Crippen LogP contribution in [-0.2, 0) is 26.1 Å². The van der Waals surface area contributed by atoms with Gasteiger partial charge in [-0.15, -0.1) is 24.8 Å². The quantitative estimate of drug-likeness (QED) is 0.789. The first-order valence-electron chi connectivity index (χ1n) is 9.51. The van der Waals surface area contributed by atoms with E-state index in [4.69, 9.17) is 0 Å². The fourth-order valence-electron chi connectivity index (χ4n) is 3.94. The smallest absolute Gasteiger partial charge is 0.317 e. The number of benzene rings is 1. The van der Waals surface area contributed by atoms with Crippen LogP contribution in [0.1, 0.15) is 35.1 Å². The lowest BCUT2D eigenvalue weighted by Crippen LogP contribution is -2.44. The number of nitrogens with one attached hydrogen (secondary N) is 2. The van der Waals surface area contributed by atoms with Crippen LogP contribution in [0.3, 0.4) is 0 Å². The second kappa shape index (κ2) is 10.6. The number of urea groups is 1. The number of carbonyl (C=O) groups excluding carboxylic acids is 1. The molecule has 1 aromatic carbocycles. The largest absolute Gasteiger partial charge is 0.334 e. The first-order chi connectivity index (χ1) is 12.8. The minimum atomic E-state index is 0. The number of rotatable bonds is 4. The normalized spacial score (nSPS) is 15.9. The van der Waals surface area contributed by atoms with Crippen LogP contribution in [0.5, 0.6) is 0 Å². The van der Waals surface area contributed by atoms with E-state index in [1.165, 1.54) is 22.3 Å². The molecule has 0 radical (unpaired) electrons. The van der Waals surface area contributed by atoms with Crippen molar-refractivity contribution in [3.05, 3.63) is 65.0 Å². The van der Waals surface area contributed by atoms with Gasteiger partial charge in [0.2, 0.25) is 0 Å². The van der Waals surface area contributed by atoms with E-state index >= 15 is 0 Å². The van der Waals surface area contributed by atoms with Gasteiger partial charge in [-0.2, -0.15) is 0 Å². The van der Waals surface area contributed by atoms with Crippen molar-refractivity contribution in [2.75, 3.05) is 13.1 Å². The number of likely N-dealkylation sites (tertiary alicyclic amines) is 1. The predicted molar refractivity (Wildman–Crippen MR) is 116 cm³/mol. The van der Waals surface area contributed by atoms with Gasteiger partial charge < -0.3 is 15.5 Å². The number of piperidine rings is 1. The van der Waals surface area contributed by atoms with E-state index in [2.05, 4.69) is 45.9 Å². The van der Waals surface area contributed by atoms with Crippen LogP contribution in [0.2, 0.25) is 0 Å². The van der Waals surface area contributed by atoms with Crippen LogP contribution in [0.25, 0.3) is 0 Å². The van der Waals surface area contributed by atoms with E-state index in [-0.39, 0.29) is 30.8 Å². The molecule has 1 fully saturated rings. The van der Waals surface area contributed by atoms with E-state index in [1.807, 2.05) is 17.3 Å². The number of amides is 2. The molecule has 0 aliphatic carbocycles. The highest BCUT2D eigenvalue weighted by Crippen LogP contribution is 2.22. The molecule has 7 heteroatoms. The summed E-state index contributed by atoms with van der Waals surface area (Å²) in [5, 5.41) is 6.44. The lowest BCUT2D eigenvalue weighted by Gasteiger charge is -2.32. The molecule has 2 aliphatic heterocycles. The van der Waals surface area contributed by atoms with E-state index in [0.717, 1.165) is 45.4 Å². The molecule has 0 unspecified atom stereocenters. The Morgan fingerprint density at radius 1 is 1.04 bits per heavy atom. The van der Waals surface area contributed by atoms with Crippen molar-refractivity contribution in [3.8, 4) is 0 Å². The van der Waals surface area contributed by atoms with Gasteiger partial charge in [0.25, 0.3) is 0 Å². The number of aromatic nitrogens is 1. The fraction of sp³-hybridized carbons (Fsp3) is 0.429. The molecule has 1 saturated heterocycles. The zero-order valence-corrected chi connectivity index (χ0v) is 17.5. The first kappa shape index (κ1) is 22.5. The highest BCUT2D eigenvalue weighted by molar-refractivity contribution is 5.85. The average molecular weight is 423 g/mol. The van der Waals surface area contributed by atoms with Crippen LogP contribution in [0.4, 0.5) is 4.79 Å². The second-order valence-corrected chi connectivity index (χ2v) is 7.36. The molecule has 28 heavy (non-hydrogen) atoms. The monoisotopic (exact) mass is 422 g/mol. The van der Waals surface area contributed by atoms with E-state index < -0.39 is 0 Å². The Morgan fingerprint density at radius 3 is 2.50 bits per heavy atom. The maximum absolute atomic E-state index is 12.5. The van der Waals surface area contributed by atoms with Gasteiger partial charge in [-0.05, 0) is 59.6 Å². The average Bonchev–Trinajstić information content (AvgIpc) is 3.15. The Hall–Kier alpha value is -1.82. The van der Waals surface area contributed by atoms with Gasteiger partial charge >= 0.3 is 6.03 Å². The Morgan fingerprint density at radius 2 is 1.75 bits per heavy atom. The van der Waals surface area contributed by atoms with E-state index in [0.29, 0.717) is 12.5 Å². The molecule has 0 atom stereocenters. The third-order valence-corrected chi connectivity index (χ3v) is 5.52. The van der Waals surface area contributed by atoms with Crippen molar-refractivity contribution in [1.29, 1.82) is 0 Å². The fourth-order valence-corrected chi connectivity index (χ4v) is 3.94. The molecule has 4 rings (SSSR count). The summed E-state index contributed by atoms with van der Waals surface area (Å²) in [5.74, 6) is 0.658. The molecule has 2 amide bonds. The highest BCUT2D eigenvalue weighted by Gasteiger charge is 2.22. The summed E-state index contributed by atoms with van der Waals surface area (Å²) in [6.45, 7) is 4.17. The first-order valence-corrected chi connectivity index (χ1v) is 9.51. The standard InChI is InChI=1S/C21H26N4O.2ClH/c26-21(24-13-18-1-2-19-14-23-15-20(19)12-18)25-9-5-17(6-10-25)11-16-3-7-22-8-4-16;;/h1-4,7-8,12,17,23H,5-6,9-11,13-15H2,(H,24,26);2*1H. The Kier molecular flexibility index (Phi) is 8.55. The predicted octanol–water partition coefficient (Wildman–Crippen LogP) is 3.69. The molecule has 2 N–H and O–H groups in total. The lowest BCUT2D eigenvalue weighted by atomic mass is 9.90. The van der Waals surface area contributed by atoms with Crippen LogP contribution >= 0.6 is 24.8 Å². The number of nitrogens with zero attached hydrogens (tertiary/aromatic N) is 2. The van der Waals surface area contributed by atoms with Crippen LogP contribution in [-0.4, -0.2) is 29.0 Å². The van der Waals surface area contributed by atoms with Gasteiger partial charge in [-0.3, -0.25) is 4.98 Å².